The number of fused-ring (bicyclic) bond motifs is 1. The number of aromatic amines is 1. The van der Waals surface area contributed by atoms with Crippen LogP contribution in [0.3, 0.4) is 0 Å². The molecule has 1 spiro atoms. The van der Waals surface area contributed by atoms with E-state index in [2.05, 4.69) is 21.9 Å². The second kappa shape index (κ2) is 4.80. The average Bonchev–Trinajstić information content (AvgIpc) is 3.00. The Hall–Kier alpha value is -1.42. The van der Waals surface area contributed by atoms with Gasteiger partial charge in [-0.25, -0.2) is 9.37 Å². The largest absolute Gasteiger partial charge is 0.342 e. The molecule has 0 aliphatic heterocycles. The van der Waals surface area contributed by atoms with Crippen molar-refractivity contribution in [1.29, 1.82) is 0 Å². The molecule has 1 aromatic carbocycles. The molecule has 3 nitrogen and oxygen atoms in total. The standard InChI is InChI=1S/C17H22FN3/c1-21(11-12-10-17(12)6-2-7-17)8-5-16-19-14-4-3-13(18)9-15(14)20-16/h3-4,9,12H,2,5-8,10-11H2,1H3,(H,19,20). The number of H-pyrrole nitrogens is 1. The van der Waals surface area contributed by atoms with Gasteiger partial charge in [-0.3, -0.25) is 0 Å². The number of aromatic nitrogens is 2. The summed E-state index contributed by atoms with van der Waals surface area (Å²) in [5, 5.41) is 0. The summed E-state index contributed by atoms with van der Waals surface area (Å²) in [7, 11) is 2.20. The monoisotopic (exact) mass is 287 g/mol. The zero-order chi connectivity index (χ0) is 14.4. The highest BCUT2D eigenvalue weighted by Crippen LogP contribution is 2.65. The molecule has 4 rings (SSSR count). The Morgan fingerprint density at radius 2 is 2.29 bits per heavy atom. The van der Waals surface area contributed by atoms with Gasteiger partial charge in [0, 0.05) is 19.5 Å². The van der Waals surface area contributed by atoms with E-state index in [4.69, 9.17) is 0 Å². The molecule has 21 heavy (non-hydrogen) atoms. The molecule has 0 saturated heterocycles. The number of imidazole rings is 1. The fraction of sp³-hybridized carbons (Fsp3) is 0.588. The molecular weight excluding hydrogens is 265 g/mol. The Labute approximate surface area is 124 Å². The molecule has 2 saturated carbocycles. The summed E-state index contributed by atoms with van der Waals surface area (Å²) in [6, 6.07) is 4.71. The van der Waals surface area contributed by atoms with Gasteiger partial charge in [-0.1, -0.05) is 6.42 Å². The van der Waals surface area contributed by atoms with Gasteiger partial charge in [0.2, 0.25) is 0 Å². The number of benzene rings is 1. The van der Waals surface area contributed by atoms with Gasteiger partial charge in [0.25, 0.3) is 0 Å². The zero-order valence-corrected chi connectivity index (χ0v) is 12.5. The molecule has 1 unspecified atom stereocenters. The maximum atomic E-state index is 13.2. The Bertz CT molecular complexity index is 659. The third kappa shape index (κ3) is 2.46. The van der Waals surface area contributed by atoms with Crippen LogP contribution in [0.1, 0.15) is 31.5 Å². The SMILES string of the molecule is CN(CCc1nc2ccc(F)cc2[nH]1)CC1CC12CCC2. The Morgan fingerprint density at radius 3 is 3.00 bits per heavy atom. The zero-order valence-electron chi connectivity index (χ0n) is 12.5. The maximum absolute atomic E-state index is 13.2. The van der Waals surface area contributed by atoms with Crippen molar-refractivity contribution in [2.45, 2.75) is 32.1 Å². The Balaban J connectivity index is 1.32. The number of halogens is 1. The van der Waals surface area contributed by atoms with Crippen LogP contribution in [-0.2, 0) is 6.42 Å². The summed E-state index contributed by atoms with van der Waals surface area (Å²) >= 11 is 0. The lowest BCUT2D eigenvalue weighted by atomic mass is 9.80. The summed E-state index contributed by atoms with van der Waals surface area (Å²) in [5.41, 5.74) is 2.40. The highest BCUT2D eigenvalue weighted by molar-refractivity contribution is 5.74. The predicted octanol–water partition coefficient (Wildman–Crippen LogP) is 3.37. The van der Waals surface area contributed by atoms with Crippen molar-refractivity contribution >= 4 is 11.0 Å². The first-order valence-electron chi connectivity index (χ1n) is 7.97. The van der Waals surface area contributed by atoms with Crippen LogP contribution in [-0.4, -0.2) is 35.0 Å². The predicted molar refractivity (Wildman–Crippen MR) is 81.6 cm³/mol. The van der Waals surface area contributed by atoms with E-state index in [9.17, 15) is 4.39 Å². The van der Waals surface area contributed by atoms with Gasteiger partial charge in [-0.2, -0.15) is 0 Å². The number of likely N-dealkylation sites (N-methyl/N-ethyl adjacent to an activating group) is 1. The van der Waals surface area contributed by atoms with Crippen LogP contribution < -0.4 is 0 Å². The lowest BCUT2D eigenvalue weighted by molar-refractivity contribution is 0.223. The fourth-order valence-corrected chi connectivity index (χ4v) is 3.85. The lowest BCUT2D eigenvalue weighted by Crippen LogP contribution is -2.27. The van der Waals surface area contributed by atoms with Gasteiger partial charge < -0.3 is 9.88 Å². The smallest absolute Gasteiger partial charge is 0.125 e. The summed E-state index contributed by atoms with van der Waals surface area (Å²) < 4.78 is 13.2. The number of hydrogen-bond acceptors (Lipinski definition) is 2. The molecule has 112 valence electrons. The van der Waals surface area contributed by atoms with E-state index >= 15 is 0 Å². The molecular formula is C17H22FN3. The molecule has 2 aliphatic carbocycles. The summed E-state index contributed by atoms with van der Waals surface area (Å²) in [4.78, 5) is 10.2. The molecule has 1 atom stereocenters. The van der Waals surface area contributed by atoms with Crippen LogP contribution in [0.15, 0.2) is 18.2 Å². The molecule has 0 bridgehead atoms. The minimum atomic E-state index is -0.214. The van der Waals surface area contributed by atoms with Crippen LogP contribution in [0.4, 0.5) is 4.39 Å². The third-order valence-corrected chi connectivity index (χ3v) is 5.46. The van der Waals surface area contributed by atoms with Gasteiger partial charge in [-0.05, 0) is 55.8 Å². The van der Waals surface area contributed by atoms with Crippen molar-refractivity contribution in [3.8, 4) is 0 Å². The molecule has 4 heteroatoms. The average molecular weight is 287 g/mol. The Kier molecular flexibility index (Phi) is 3.03. The van der Waals surface area contributed by atoms with Crippen LogP contribution >= 0.6 is 0 Å². The normalized spacial score (nSPS) is 22.9. The summed E-state index contributed by atoms with van der Waals surface area (Å²) in [6.07, 6.45) is 6.70. The summed E-state index contributed by atoms with van der Waals surface area (Å²) in [6.45, 7) is 2.23. The van der Waals surface area contributed by atoms with Gasteiger partial charge in [0.1, 0.15) is 11.6 Å². The lowest BCUT2D eigenvalue weighted by Gasteiger charge is -2.28. The topological polar surface area (TPSA) is 31.9 Å². The first-order chi connectivity index (χ1) is 10.1. The molecule has 2 aliphatic rings. The molecule has 0 radical (unpaired) electrons. The van der Waals surface area contributed by atoms with Gasteiger partial charge >= 0.3 is 0 Å². The number of nitrogens with zero attached hydrogens (tertiary/aromatic N) is 2. The first kappa shape index (κ1) is 13.3. The van der Waals surface area contributed by atoms with E-state index in [0.29, 0.717) is 0 Å². The minimum Gasteiger partial charge on any atom is -0.342 e. The number of rotatable bonds is 5. The van der Waals surface area contributed by atoms with E-state index in [-0.39, 0.29) is 5.82 Å². The van der Waals surface area contributed by atoms with E-state index in [1.54, 1.807) is 6.07 Å². The summed E-state index contributed by atoms with van der Waals surface area (Å²) in [5.74, 6) is 1.67. The van der Waals surface area contributed by atoms with Crippen molar-refractivity contribution in [3.63, 3.8) is 0 Å². The molecule has 1 heterocycles. The number of hydrogen-bond donors (Lipinski definition) is 1. The van der Waals surface area contributed by atoms with Crippen molar-refractivity contribution in [1.82, 2.24) is 14.9 Å². The van der Waals surface area contributed by atoms with Gasteiger partial charge in [0.15, 0.2) is 0 Å². The van der Waals surface area contributed by atoms with E-state index in [1.807, 2.05) is 0 Å². The van der Waals surface area contributed by atoms with Crippen LogP contribution in [0.2, 0.25) is 0 Å². The van der Waals surface area contributed by atoms with E-state index in [1.165, 1.54) is 44.4 Å². The van der Waals surface area contributed by atoms with Gasteiger partial charge in [-0.15, -0.1) is 0 Å². The minimum absolute atomic E-state index is 0.214. The molecule has 2 aromatic rings. The van der Waals surface area contributed by atoms with Crippen LogP contribution in [0.5, 0.6) is 0 Å². The molecule has 1 N–H and O–H groups in total. The second-order valence-corrected chi connectivity index (χ2v) is 6.97. The quantitative estimate of drug-likeness (QED) is 0.914. The van der Waals surface area contributed by atoms with Crippen molar-refractivity contribution in [2.75, 3.05) is 20.1 Å². The second-order valence-electron chi connectivity index (χ2n) is 6.97. The van der Waals surface area contributed by atoms with Crippen molar-refractivity contribution < 1.29 is 4.39 Å². The van der Waals surface area contributed by atoms with E-state index < -0.39 is 0 Å². The van der Waals surface area contributed by atoms with Crippen molar-refractivity contribution in [3.05, 3.63) is 29.8 Å². The third-order valence-electron chi connectivity index (χ3n) is 5.46. The van der Waals surface area contributed by atoms with Crippen molar-refractivity contribution in [2.24, 2.45) is 11.3 Å². The molecule has 0 amide bonds. The highest BCUT2D eigenvalue weighted by Gasteiger charge is 2.57. The van der Waals surface area contributed by atoms with Gasteiger partial charge in [0.05, 0.1) is 11.0 Å². The Morgan fingerprint density at radius 1 is 1.43 bits per heavy atom. The maximum Gasteiger partial charge on any atom is 0.125 e. The molecule has 1 aromatic heterocycles. The van der Waals surface area contributed by atoms with E-state index in [0.717, 1.165) is 41.2 Å². The van der Waals surface area contributed by atoms with Crippen LogP contribution in [0.25, 0.3) is 11.0 Å². The highest BCUT2D eigenvalue weighted by atomic mass is 19.1. The number of nitrogens with one attached hydrogen (secondary N) is 1. The fourth-order valence-electron chi connectivity index (χ4n) is 3.85. The molecule has 2 fully saturated rings. The van der Waals surface area contributed by atoms with Crippen LogP contribution in [0, 0.1) is 17.2 Å². The first-order valence-corrected chi connectivity index (χ1v) is 7.97.